The Hall–Kier alpha value is -3.50. The van der Waals surface area contributed by atoms with Crippen LogP contribution in [0.3, 0.4) is 0 Å². The van der Waals surface area contributed by atoms with E-state index in [0.717, 1.165) is 30.3 Å². The van der Waals surface area contributed by atoms with Gasteiger partial charge in [-0.1, -0.05) is 12.1 Å². The van der Waals surface area contributed by atoms with Gasteiger partial charge in [-0.05, 0) is 48.7 Å². The molecule has 2 aromatic carbocycles. The van der Waals surface area contributed by atoms with Crippen molar-refractivity contribution in [2.45, 2.75) is 30.8 Å². The van der Waals surface area contributed by atoms with E-state index in [4.69, 9.17) is 0 Å². The van der Waals surface area contributed by atoms with Gasteiger partial charge in [0.15, 0.2) is 5.75 Å². The standard InChI is InChI=1S/C21H13F6NO4/c22-20(23,24)11-3-1-10(2-4-11)19(7-8-19)17-16(29)15(18(30)31)13-9-12(32-21(25,26)27)5-6-14(13)28-17/h1-6,9,29H,7-8H2,(H,30,31). The van der Waals surface area contributed by atoms with Crippen LogP contribution in [0.15, 0.2) is 42.5 Å². The summed E-state index contributed by atoms with van der Waals surface area (Å²) in [5.41, 5.74) is -2.21. The maximum Gasteiger partial charge on any atom is 0.573 e. The minimum absolute atomic E-state index is 0.0112. The van der Waals surface area contributed by atoms with E-state index in [9.17, 15) is 41.4 Å². The third-order valence-electron chi connectivity index (χ3n) is 5.35. The Morgan fingerprint density at radius 1 is 1.00 bits per heavy atom. The van der Waals surface area contributed by atoms with Crippen molar-refractivity contribution >= 4 is 16.9 Å². The van der Waals surface area contributed by atoms with Gasteiger partial charge in [-0.15, -0.1) is 13.2 Å². The van der Waals surface area contributed by atoms with Gasteiger partial charge in [0.1, 0.15) is 11.3 Å². The van der Waals surface area contributed by atoms with Gasteiger partial charge in [0, 0.05) is 10.8 Å². The number of benzene rings is 2. The highest BCUT2D eigenvalue weighted by molar-refractivity contribution is 6.06. The summed E-state index contributed by atoms with van der Waals surface area (Å²) in [5.74, 6) is -3.06. The van der Waals surface area contributed by atoms with Crippen molar-refractivity contribution in [2.24, 2.45) is 0 Å². The molecular weight excluding hydrogens is 444 g/mol. The molecule has 0 saturated heterocycles. The smallest absolute Gasteiger partial charge is 0.505 e. The number of fused-ring (bicyclic) bond motifs is 1. The molecule has 1 fully saturated rings. The number of pyridine rings is 1. The Morgan fingerprint density at radius 3 is 2.12 bits per heavy atom. The molecule has 0 amide bonds. The summed E-state index contributed by atoms with van der Waals surface area (Å²) in [6, 6.07) is 7.12. The number of carboxylic acid groups (broad SMARTS) is 1. The average molecular weight is 457 g/mol. The molecule has 0 atom stereocenters. The van der Waals surface area contributed by atoms with Crippen LogP contribution < -0.4 is 4.74 Å². The highest BCUT2D eigenvalue weighted by atomic mass is 19.4. The Kier molecular flexibility index (Phi) is 4.76. The first kappa shape index (κ1) is 21.7. The first-order chi connectivity index (χ1) is 14.8. The van der Waals surface area contributed by atoms with Gasteiger partial charge in [0.05, 0.1) is 16.8 Å². The van der Waals surface area contributed by atoms with E-state index >= 15 is 0 Å². The van der Waals surface area contributed by atoms with Crippen molar-refractivity contribution in [2.75, 3.05) is 0 Å². The number of halogens is 6. The fourth-order valence-corrected chi connectivity index (χ4v) is 3.74. The fourth-order valence-electron chi connectivity index (χ4n) is 3.74. The topological polar surface area (TPSA) is 79.7 Å². The molecule has 2 N–H and O–H groups in total. The van der Waals surface area contributed by atoms with Crippen LogP contribution in [-0.4, -0.2) is 27.5 Å². The maximum atomic E-state index is 12.9. The molecule has 0 spiro atoms. The van der Waals surface area contributed by atoms with Crippen molar-refractivity contribution < 1.29 is 46.1 Å². The first-order valence-corrected chi connectivity index (χ1v) is 9.16. The van der Waals surface area contributed by atoms with E-state index in [1.165, 1.54) is 12.1 Å². The molecule has 1 aliphatic rings. The zero-order chi connectivity index (χ0) is 23.5. The molecule has 11 heteroatoms. The van der Waals surface area contributed by atoms with E-state index in [0.29, 0.717) is 18.4 Å². The predicted molar refractivity (Wildman–Crippen MR) is 98.5 cm³/mol. The molecule has 1 saturated carbocycles. The highest BCUT2D eigenvalue weighted by Gasteiger charge is 2.50. The number of hydrogen-bond acceptors (Lipinski definition) is 4. The van der Waals surface area contributed by atoms with Gasteiger partial charge >= 0.3 is 18.5 Å². The van der Waals surface area contributed by atoms with Crippen LogP contribution in [0.5, 0.6) is 11.5 Å². The minimum atomic E-state index is -5.01. The quantitative estimate of drug-likeness (QED) is 0.496. The average Bonchev–Trinajstić information content (AvgIpc) is 3.47. The number of nitrogens with zero attached hydrogens (tertiary/aromatic N) is 1. The molecule has 0 unspecified atom stereocenters. The molecular formula is C21H13F6NO4. The van der Waals surface area contributed by atoms with Crippen molar-refractivity contribution in [1.29, 1.82) is 0 Å². The fraction of sp³-hybridized carbons (Fsp3) is 0.238. The monoisotopic (exact) mass is 457 g/mol. The zero-order valence-electron chi connectivity index (χ0n) is 15.9. The third kappa shape index (κ3) is 3.78. The van der Waals surface area contributed by atoms with Crippen molar-refractivity contribution in [3.05, 3.63) is 64.8 Å². The van der Waals surface area contributed by atoms with Gasteiger partial charge in [-0.3, -0.25) is 0 Å². The highest BCUT2D eigenvalue weighted by Crippen LogP contribution is 2.56. The number of rotatable bonds is 4. The number of hydrogen-bond donors (Lipinski definition) is 2. The summed E-state index contributed by atoms with van der Waals surface area (Å²) >= 11 is 0. The Morgan fingerprint density at radius 2 is 1.62 bits per heavy atom. The van der Waals surface area contributed by atoms with E-state index in [1.807, 2.05) is 0 Å². The Balaban J connectivity index is 1.85. The SMILES string of the molecule is O=C(O)c1c(O)c(C2(c3ccc(C(F)(F)F)cc3)CC2)nc2ccc(OC(F)(F)F)cc12. The molecule has 168 valence electrons. The van der Waals surface area contributed by atoms with Crippen molar-refractivity contribution in [1.82, 2.24) is 4.98 Å². The predicted octanol–water partition coefficient (Wildman–Crippen LogP) is 5.64. The van der Waals surface area contributed by atoms with Crippen molar-refractivity contribution in [3.8, 4) is 11.5 Å². The molecule has 5 nitrogen and oxygen atoms in total. The lowest BCUT2D eigenvalue weighted by molar-refractivity contribution is -0.274. The van der Waals surface area contributed by atoms with Gasteiger partial charge in [-0.25, -0.2) is 9.78 Å². The van der Waals surface area contributed by atoms with Gasteiger partial charge in [-0.2, -0.15) is 13.2 Å². The molecule has 1 aromatic heterocycles. The summed E-state index contributed by atoms with van der Waals surface area (Å²) in [5, 5.41) is 20.1. The first-order valence-electron chi connectivity index (χ1n) is 9.16. The molecule has 32 heavy (non-hydrogen) atoms. The summed E-state index contributed by atoms with van der Waals surface area (Å²) in [6.45, 7) is 0. The molecule has 1 aliphatic carbocycles. The van der Waals surface area contributed by atoms with Gasteiger partial charge in [0.25, 0.3) is 0 Å². The lowest BCUT2D eigenvalue weighted by atomic mass is 9.88. The lowest BCUT2D eigenvalue weighted by Crippen LogP contribution is -2.17. The molecule has 1 heterocycles. The van der Waals surface area contributed by atoms with Crippen LogP contribution in [0.25, 0.3) is 10.9 Å². The molecule has 3 aromatic rings. The zero-order valence-corrected chi connectivity index (χ0v) is 15.9. The summed E-state index contributed by atoms with van der Waals surface area (Å²) in [4.78, 5) is 16.1. The number of aromatic carboxylic acids is 1. The van der Waals surface area contributed by atoms with E-state index in [-0.39, 0.29) is 16.6 Å². The van der Waals surface area contributed by atoms with Gasteiger partial charge < -0.3 is 14.9 Å². The molecule has 0 bridgehead atoms. The number of alkyl halides is 6. The number of carboxylic acids is 1. The van der Waals surface area contributed by atoms with E-state index < -0.39 is 46.5 Å². The van der Waals surface area contributed by atoms with Crippen LogP contribution in [0.2, 0.25) is 0 Å². The molecule has 4 rings (SSSR count). The van der Waals surface area contributed by atoms with Crippen LogP contribution in [0.1, 0.15) is 40.0 Å². The maximum absolute atomic E-state index is 12.9. The number of aromatic nitrogens is 1. The second-order valence-corrected chi connectivity index (χ2v) is 7.37. The Bertz CT molecular complexity index is 1210. The summed E-state index contributed by atoms with van der Waals surface area (Å²) in [7, 11) is 0. The summed E-state index contributed by atoms with van der Waals surface area (Å²) in [6.07, 6.45) is -8.77. The number of ether oxygens (including phenoxy) is 1. The largest absolute Gasteiger partial charge is 0.573 e. The second kappa shape index (κ2) is 7.01. The molecule has 0 radical (unpaired) electrons. The number of aromatic hydroxyl groups is 1. The minimum Gasteiger partial charge on any atom is -0.505 e. The van der Waals surface area contributed by atoms with E-state index in [1.54, 1.807) is 0 Å². The lowest BCUT2D eigenvalue weighted by Gasteiger charge is -2.20. The second-order valence-electron chi connectivity index (χ2n) is 7.37. The Labute approximate surface area is 175 Å². The van der Waals surface area contributed by atoms with E-state index in [2.05, 4.69) is 9.72 Å². The van der Waals surface area contributed by atoms with Crippen LogP contribution in [0.4, 0.5) is 26.3 Å². The van der Waals surface area contributed by atoms with Crippen LogP contribution in [-0.2, 0) is 11.6 Å². The van der Waals surface area contributed by atoms with Crippen LogP contribution >= 0.6 is 0 Å². The number of carbonyl (C=O) groups is 1. The van der Waals surface area contributed by atoms with Crippen LogP contribution in [0, 0.1) is 0 Å². The normalized spacial score (nSPS) is 15.6. The third-order valence-corrected chi connectivity index (χ3v) is 5.35. The van der Waals surface area contributed by atoms with Gasteiger partial charge in [0.2, 0.25) is 0 Å². The molecule has 0 aliphatic heterocycles. The van der Waals surface area contributed by atoms with Crippen molar-refractivity contribution in [3.63, 3.8) is 0 Å². The summed E-state index contributed by atoms with van der Waals surface area (Å²) < 4.78 is 80.0.